The Morgan fingerprint density at radius 2 is 1.67 bits per heavy atom. The average molecular weight is 656 g/mol. The first kappa shape index (κ1) is 28.3. The van der Waals surface area contributed by atoms with Crippen LogP contribution in [0.2, 0.25) is 0 Å². The highest BCUT2D eigenvalue weighted by atomic mass is 79.9. The van der Waals surface area contributed by atoms with Crippen molar-refractivity contribution in [1.82, 2.24) is 5.43 Å². The maximum atomic E-state index is 14.0. The van der Waals surface area contributed by atoms with Gasteiger partial charge in [0, 0.05) is 21.2 Å². The quantitative estimate of drug-likeness (QED) is 0.133. The Balaban J connectivity index is 1.45. The minimum Gasteiger partial charge on any atom is -0.490 e. The fourth-order valence-electron chi connectivity index (χ4n) is 3.59. The van der Waals surface area contributed by atoms with Crippen molar-refractivity contribution < 1.29 is 23.4 Å². The molecule has 0 atom stereocenters. The SMILES string of the molecule is CCOc1cc(C(=O)N/N=C/c2cc(Br)cc(Br)c2OCc2ccccc2F)ccc1OCc1ccccc1. The number of rotatable bonds is 11. The van der Waals surface area contributed by atoms with Crippen LogP contribution >= 0.6 is 31.9 Å². The van der Waals surface area contributed by atoms with E-state index in [2.05, 4.69) is 42.4 Å². The maximum absolute atomic E-state index is 14.0. The standard InChI is InChI=1S/C30H25Br2FN2O4/c1-2-37-28-15-21(12-13-27(28)38-18-20-8-4-3-5-9-20)30(36)35-34-17-23-14-24(31)16-25(32)29(23)39-19-22-10-6-7-11-26(22)33/h3-17H,2,18-19H2,1H3,(H,35,36)/b34-17+. The molecule has 1 amide bonds. The zero-order valence-corrected chi connectivity index (χ0v) is 24.2. The summed E-state index contributed by atoms with van der Waals surface area (Å²) in [6, 6.07) is 24.7. The molecule has 9 heteroatoms. The van der Waals surface area contributed by atoms with Gasteiger partial charge in [0.2, 0.25) is 0 Å². The van der Waals surface area contributed by atoms with Gasteiger partial charge in [-0.25, -0.2) is 9.82 Å². The minimum absolute atomic E-state index is 0.0268. The van der Waals surface area contributed by atoms with E-state index >= 15 is 0 Å². The number of benzene rings is 4. The molecule has 39 heavy (non-hydrogen) atoms. The number of carbonyl (C=O) groups is 1. The van der Waals surface area contributed by atoms with Gasteiger partial charge in [0.25, 0.3) is 5.91 Å². The van der Waals surface area contributed by atoms with Crippen LogP contribution in [-0.2, 0) is 13.2 Å². The molecule has 0 radical (unpaired) electrons. The highest BCUT2D eigenvalue weighted by Crippen LogP contribution is 2.33. The summed E-state index contributed by atoms with van der Waals surface area (Å²) < 4.78 is 33.0. The Bertz CT molecular complexity index is 1470. The van der Waals surface area contributed by atoms with E-state index in [4.69, 9.17) is 14.2 Å². The summed E-state index contributed by atoms with van der Waals surface area (Å²) >= 11 is 6.93. The van der Waals surface area contributed by atoms with Gasteiger partial charge in [0.1, 0.15) is 24.8 Å². The predicted octanol–water partition coefficient (Wildman–Crippen LogP) is 7.67. The van der Waals surface area contributed by atoms with Crippen molar-refractivity contribution in [3.8, 4) is 17.2 Å². The van der Waals surface area contributed by atoms with E-state index in [-0.39, 0.29) is 12.4 Å². The summed E-state index contributed by atoms with van der Waals surface area (Å²) in [6.07, 6.45) is 1.46. The van der Waals surface area contributed by atoms with Crippen molar-refractivity contribution >= 4 is 44.0 Å². The van der Waals surface area contributed by atoms with E-state index in [1.165, 1.54) is 12.3 Å². The summed E-state index contributed by atoms with van der Waals surface area (Å²) in [5.74, 6) is 0.681. The van der Waals surface area contributed by atoms with E-state index < -0.39 is 5.91 Å². The monoisotopic (exact) mass is 654 g/mol. The summed E-state index contributed by atoms with van der Waals surface area (Å²) in [4.78, 5) is 12.8. The molecule has 0 aliphatic rings. The van der Waals surface area contributed by atoms with E-state index in [9.17, 15) is 9.18 Å². The van der Waals surface area contributed by atoms with E-state index in [0.29, 0.717) is 51.6 Å². The molecule has 0 aliphatic carbocycles. The van der Waals surface area contributed by atoms with Crippen LogP contribution in [0.15, 0.2) is 99.0 Å². The first-order chi connectivity index (χ1) is 18.9. The lowest BCUT2D eigenvalue weighted by Crippen LogP contribution is -2.18. The smallest absolute Gasteiger partial charge is 0.271 e. The van der Waals surface area contributed by atoms with Gasteiger partial charge in [-0.1, -0.05) is 64.5 Å². The lowest BCUT2D eigenvalue weighted by molar-refractivity contribution is 0.0954. The van der Waals surface area contributed by atoms with E-state index in [1.54, 1.807) is 42.5 Å². The number of hydrogen-bond donors (Lipinski definition) is 1. The van der Waals surface area contributed by atoms with Gasteiger partial charge in [-0.3, -0.25) is 4.79 Å². The molecular weight excluding hydrogens is 631 g/mol. The van der Waals surface area contributed by atoms with Crippen molar-refractivity contribution in [3.63, 3.8) is 0 Å². The second-order valence-electron chi connectivity index (χ2n) is 8.25. The zero-order valence-electron chi connectivity index (χ0n) is 21.0. The highest BCUT2D eigenvalue weighted by molar-refractivity contribution is 9.11. The Morgan fingerprint density at radius 1 is 0.897 bits per heavy atom. The third kappa shape index (κ3) is 7.91. The summed E-state index contributed by atoms with van der Waals surface area (Å²) in [5.41, 5.74) is 4.91. The third-order valence-corrected chi connectivity index (χ3v) is 6.53. The van der Waals surface area contributed by atoms with Crippen LogP contribution < -0.4 is 19.6 Å². The highest BCUT2D eigenvalue weighted by Gasteiger charge is 2.13. The molecule has 200 valence electrons. The normalized spacial score (nSPS) is 10.9. The summed E-state index contributed by atoms with van der Waals surface area (Å²) in [7, 11) is 0. The molecule has 4 aromatic rings. The lowest BCUT2D eigenvalue weighted by atomic mass is 10.2. The number of ether oxygens (including phenoxy) is 3. The van der Waals surface area contributed by atoms with Crippen LogP contribution in [0.4, 0.5) is 4.39 Å². The van der Waals surface area contributed by atoms with Crippen molar-refractivity contribution in [1.29, 1.82) is 0 Å². The van der Waals surface area contributed by atoms with E-state index in [0.717, 1.165) is 10.0 Å². The number of hydrogen-bond acceptors (Lipinski definition) is 5. The van der Waals surface area contributed by atoms with Crippen LogP contribution in [0.5, 0.6) is 17.2 Å². The third-order valence-electron chi connectivity index (χ3n) is 5.48. The molecule has 0 saturated heterocycles. The second-order valence-corrected chi connectivity index (χ2v) is 10.0. The van der Waals surface area contributed by atoms with Gasteiger partial charge < -0.3 is 14.2 Å². The number of hydrazone groups is 1. The van der Waals surface area contributed by atoms with Crippen LogP contribution in [0, 0.1) is 5.82 Å². The first-order valence-electron chi connectivity index (χ1n) is 12.1. The number of amides is 1. The Morgan fingerprint density at radius 3 is 2.44 bits per heavy atom. The van der Waals surface area contributed by atoms with Crippen LogP contribution in [-0.4, -0.2) is 18.7 Å². The minimum atomic E-state index is -0.426. The van der Waals surface area contributed by atoms with E-state index in [1.807, 2.05) is 43.3 Å². The van der Waals surface area contributed by atoms with Gasteiger partial charge in [-0.2, -0.15) is 5.10 Å². The number of nitrogens with one attached hydrogen (secondary N) is 1. The van der Waals surface area contributed by atoms with Gasteiger partial charge in [0.05, 0.1) is 17.3 Å². The van der Waals surface area contributed by atoms with Gasteiger partial charge in [-0.15, -0.1) is 0 Å². The lowest BCUT2D eigenvalue weighted by Gasteiger charge is -2.13. The topological polar surface area (TPSA) is 69.2 Å². The molecule has 0 aromatic heterocycles. The summed E-state index contributed by atoms with van der Waals surface area (Å²) in [5, 5.41) is 4.12. The molecule has 0 bridgehead atoms. The van der Waals surface area contributed by atoms with Gasteiger partial charge >= 0.3 is 0 Å². The molecule has 4 aromatic carbocycles. The zero-order chi connectivity index (χ0) is 27.6. The maximum Gasteiger partial charge on any atom is 0.271 e. The van der Waals surface area contributed by atoms with Crippen molar-refractivity contribution in [3.05, 3.63) is 122 Å². The van der Waals surface area contributed by atoms with Crippen LogP contribution in [0.25, 0.3) is 0 Å². The number of halogens is 3. The fourth-order valence-corrected chi connectivity index (χ4v) is 4.96. The first-order valence-corrected chi connectivity index (χ1v) is 13.7. The molecule has 0 spiro atoms. The van der Waals surface area contributed by atoms with Gasteiger partial charge in [0.15, 0.2) is 11.5 Å². The van der Waals surface area contributed by atoms with Crippen LogP contribution in [0.3, 0.4) is 0 Å². The Kier molecular flexibility index (Phi) is 10.1. The number of carbonyl (C=O) groups excluding carboxylic acids is 1. The largest absolute Gasteiger partial charge is 0.490 e. The fraction of sp³-hybridized carbons (Fsp3) is 0.133. The summed E-state index contributed by atoms with van der Waals surface area (Å²) in [6.45, 7) is 2.68. The molecule has 4 rings (SSSR count). The second kappa shape index (κ2) is 13.9. The number of nitrogens with zero attached hydrogens (tertiary/aromatic N) is 1. The molecular formula is C30H25Br2FN2O4. The molecule has 0 aliphatic heterocycles. The van der Waals surface area contributed by atoms with Gasteiger partial charge in [-0.05, 0) is 64.8 Å². The Labute approximate surface area is 243 Å². The molecule has 0 saturated carbocycles. The molecule has 0 heterocycles. The molecule has 0 fully saturated rings. The molecule has 6 nitrogen and oxygen atoms in total. The van der Waals surface area contributed by atoms with Crippen molar-refractivity contribution in [2.45, 2.75) is 20.1 Å². The Hall–Kier alpha value is -3.69. The van der Waals surface area contributed by atoms with Crippen LogP contribution in [0.1, 0.15) is 34.0 Å². The molecule has 0 unspecified atom stereocenters. The van der Waals surface area contributed by atoms with Crippen molar-refractivity contribution in [2.24, 2.45) is 5.10 Å². The molecule has 1 N–H and O–H groups in total. The average Bonchev–Trinajstić information content (AvgIpc) is 2.93. The van der Waals surface area contributed by atoms with Crippen molar-refractivity contribution in [2.75, 3.05) is 6.61 Å². The predicted molar refractivity (Wildman–Crippen MR) is 156 cm³/mol.